The van der Waals surface area contributed by atoms with E-state index in [0.29, 0.717) is 29.2 Å². The van der Waals surface area contributed by atoms with Crippen LogP contribution in [0.3, 0.4) is 0 Å². The zero-order valence-electron chi connectivity index (χ0n) is 24.3. The molecule has 0 aromatic heterocycles. The Bertz CT molecular complexity index is 1270. The molecule has 3 aromatic rings. The number of ether oxygens (including phenoxy) is 2. The summed E-state index contributed by atoms with van der Waals surface area (Å²) in [5, 5.41) is 23.3. The van der Waals surface area contributed by atoms with Gasteiger partial charge in [-0.05, 0) is 67.6 Å². The van der Waals surface area contributed by atoms with Crippen molar-refractivity contribution in [1.82, 2.24) is 10.2 Å². The van der Waals surface area contributed by atoms with Crippen LogP contribution in [0.15, 0.2) is 72.8 Å². The highest BCUT2D eigenvalue weighted by atomic mass is 16.5. The number of nitrogens with one attached hydrogen (secondary N) is 1. The number of ketones is 1. The van der Waals surface area contributed by atoms with Crippen LogP contribution >= 0.6 is 0 Å². The maximum Gasteiger partial charge on any atom is 0.193 e. The second-order valence-electron chi connectivity index (χ2n) is 11.0. The number of nitrogens with zero attached hydrogens (tertiary/aromatic N) is 3. The fourth-order valence-corrected chi connectivity index (χ4v) is 5.34. The molecule has 9 nitrogen and oxygen atoms in total. The molecule has 3 aromatic carbocycles. The minimum absolute atomic E-state index is 0.0356. The number of hydrogen-bond donors (Lipinski definition) is 3. The average molecular weight is 575 g/mol. The van der Waals surface area contributed by atoms with Crippen LogP contribution < -0.4 is 24.6 Å². The van der Waals surface area contributed by atoms with Gasteiger partial charge in [-0.15, -0.1) is 0 Å². The quantitative estimate of drug-likeness (QED) is 0.282. The van der Waals surface area contributed by atoms with Crippen molar-refractivity contribution in [2.75, 3.05) is 81.9 Å². The van der Waals surface area contributed by atoms with E-state index in [0.717, 1.165) is 63.7 Å². The van der Waals surface area contributed by atoms with Crippen molar-refractivity contribution in [3.8, 4) is 11.5 Å². The Balaban J connectivity index is 1.05. The Morgan fingerprint density at radius 1 is 0.762 bits per heavy atom. The molecule has 2 atom stereocenters. The molecule has 2 unspecified atom stereocenters. The average Bonchev–Trinajstić information content (AvgIpc) is 3.04. The third-order valence-corrected chi connectivity index (χ3v) is 7.69. The van der Waals surface area contributed by atoms with Crippen LogP contribution in [0.25, 0.3) is 0 Å². The molecule has 0 amide bonds. The molecular formula is C33H42N4O5. The van der Waals surface area contributed by atoms with Crippen molar-refractivity contribution in [3.05, 3.63) is 83.9 Å². The SMILES string of the molecule is CC(O)COc1cccc(OCC(O)CN2CCN(c3ccc(C(=O)c4ccc(N5CCNCC5)cc4)cc3)CC2)c1. The van der Waals surface area contributed by atoms with Crippen LogP contribution in [-0.4, -0.2) is 105 Å². The van der Waals surface area contributed by atoms with Gasteiger partial charge in [0.15, 0.2) is 5.78 Å². The van der Waals surface area contributed by atoms with E-state index in [-0.39, 0.29) is 19.0 Å². The summed E-state index contributed by atoms with van der Waals surface area (Å²) in [4.78, 5) is 20.0. The first-order valence-corrected chi connectivity index (χ1v) is 14.8. The number of aliphatic hydroxyl groups excluding tert-OH is 2. The number of piperazine rings is 2. The van der Waals surface area contributed by atoms with E-state index in [1.807, 2.05) is 66.7 Å². The number of aliphatic hydroxyl groups is 2. The monoisotopic (exact) mass is 574 g/mol. The lowest BCUT2D eigenvalue weighted by Crippen LogP contribution is -2.49. The van der Waals surface area contributed by atoms with Gasteiger partial charge >= 0.3 is 0 Å². The van der Waals surface area contributed by atoms with Gasteiger partial charge in [0.05, 0.1) is 6.10 Å². The Morgan fingerprint density at radius 3 is 1.83 bits per heavy atom. The van der Waals surface area contributed by atoms with Crippen molar-refractivity contribution >= 4 is 17.2 Å². The summed E-state index contributed by atoms with van der Waals surface area (Å²) in [6.07, 6.45) is -1.16. The Labute approximate surface area is 248 Å². The summed E-state index contributed by atoms with van der Waals surface area (Å²) in [7, 11) is 0. The topological polar surface area (TPSA) is 97.7 Å². The van der Waals surface area contributed by atoms with Crippen LogP contribution in [0.4, 0.5) is 11.4 Å². The summed E-state index contributed by atoms with van der Waals surface area (Å²) in [6.45, 7) is 9.90. The zero-order valence-corrected chi connectivity index (χ0v) is 24.3. The highest BCUT2D eigenvalue weighted by molar-refractivity contribution is 6.09. The van der Waals surface area contributed by atoms with Gasteiger partial charge in [0, 0.05) is 87.5 Å². The molecule has 0 saturated carbocycles. The number of hydrogen-bond acceptors (Lipinski definition) is 9. The molecule has 42 heavy (non-hydrogen) atoms. The van der Waals surface area contributed by atoms with Crippen molar-refractivity contribution in [2.24, 2.45) is 0 Å². The lowest BCUT2D eigenvalue weighted by molar-refractivity contribution is 0.0661. The van der Waals surface area contributed by atoms with Gasteiger partial charge in [0.1, 0.15) is 30.8 Å². The van der Waals surface area contributed by atoms with Crippen LogP contribution in [0.1, 0.15) is 22.8 Å². The van der Waals surface area contributed by atoms with E-state index >= 15 is 0 Å². The van der Waals surface area contributed by atoms with E-state index in [1.165, 1.54) is 0 Å². The zero-order chi connectivity index (χ0) is 29.3. The normalized spacial score (nSPS) is 17.5. The molecule has 3 N–H and O–H groups in total. The molecule has 2 aliphatic heterocycles. The number of carbonyl (C=O) groups is 1. The van der Waals surface area contributed by atoms with E-state index in [9.17, 15) is 15.0 Å². The molecule has 0 spiro atoms. The fourth-order valence-electron chi connectivity index (χ4n) is 5.34. The predicted molar refractivity (Wildman–Crippen MR) is 165 cm³/mol. The molecule has 2 aliphatic rings. The predicted octanol–water partition coefficient (Wildman–Crippen LogP) is 2.65. The van der Waals surface area contributed by atoms with E-state index in [1.54, 1.807) is 13.0 Å². The Hall–Kier alpha value is -3.63. The van der Waals surface area contributed by atoms with Crippen molar-refractivity contribution in [1.29, 1.82) is 0 Å². The van der Waals surface area contributed by atoms with Gasteiger partial charge in [0.2, 0.25) is 0 Å². The third kappa shape index (κ3) is 8.23. The van der Waals surface area contributed by atoms with Gasteiger partial charge in [-0.1, -0.05) is 6.07 Å². The third-order valence-electron chi connectivity index (χ3n) is 7.69. The lowest BCUT2D eigenvalue weighted by atomic mass is 10.0. The molecular weight excluding hydrogens is 532 g/mol. The first kappa shape index (κ1) is 29.8. The van der Waals surface area contributed by atoms with Crippen molar-refractivity contribution < 1.29 is 24.5 Å². The highest BCUT2D eigenvalue weighted by Gasteiger charge is 2.20. The fraction of sp³-hybridized carbons (Fsp3) is 0.424. The van der Waals surface area contributed by atoms with Gasteiger partial charge < -0.3 is 34.8 Å². The number of β-amino-alcohol motifs (C(OH)–C–C–N with tert-alkyl or cyclic N) is 1. The lowest BCUT2D eigenvalue weighted by Gasteiger charge is -2.36. The van der Waals surface area contributed by atoms with Gasteiger partial charge in [-0.2, -0.15) is 0 Å². The molecule has 5 rings (SSSR count). The highest BCUT2D eigenvalue weighted by Crippen LogP contribution is 2.22. The van der Waals surface area contributed by atoms with Crippen molar-refractivity contribution in [3.63, 3.8) is 0 Å². The first-order valence-electron chi connectivity index (χ1n) is 14.8. The van der Waals surface area contributed by atoms with Crippen molar-refractivity contribution in [2.45, 2.75) is 19.1 Å². The van der Waals surface area contributed by atoms with Crippen LogP contribution in [-0.2, 0) is 0 Å². The van der Waals surface area contributed by atoms with Gasteiger partial charge in [-0.25, -0.2) is 0 Å². The molecule has 9 heteroatoms. The summed E-state index contributed by atoms with van der Waals surface area (Å²) >= 11 is 0. The number of rotatable bonds is 12. The molecule has 2 saturated heterocycles. The van der Waals surface area contributed by atoms with Crippen LogP contribution in [0, 0.1) is 0 Å². The molecule has 2 heterocycles. The molecule has 224 valence electrons. The van der Waals surface area contributed by atoms with Gasteiger partial charge in [-0.3, -0.25) is 9.69 Å². The Morgan fingerprint density at radius 2 is 1.29 bits per heavy atom. The molecule has 0 bridgehead atoms. The minimum atomic E-state index is -0.616. The molecule has 0 aliphatic carbocycles. The molecule has 2 fully saturated rings. The number of anilines is 2. The van der Waals surface area contributed by atoms with Crippen LogP contribution in [0.2, 0.25) is 0 Å². The summed E-state index contributed by atoms with van der Waals surface area (Å²) in [5.41, 5.74) is 3.65. The maximum atomic E-state index is 13.1. The first-order chi connectivity index (χ1) is 20.4. The van der Waals surface area contributed by atoms with E-state index in [4.69, 9.17) is 9.47 Å². The van der Waals surface area contributed by atoms with Gasteiger partial charge in [0.25, 0.3) is 0 Å². The van der Waals surface area contributed by atoms with E-state index in [2.05, 4.69) is 20.0 Å². The number of benzene rings is 3. The number of carbonyl (C=O) groups excluding carboxylic acids is 1. The summed E-state index contributed by atoms with van der Waals surface area (Å²) < 4.78 is 11.3. The minimum Gasteiger partial charge on any atom is -0.491 e. The standard InChI is InChI=1S/C33H42N4O5/c1-25(38)23-41-31-3-2-4-32(21-31)42-24-30(39)22-35-17-19-37(20-18-35)29-11-7-27(8-12-29)33(40)26-5-9-28(10-6-26)36-15-13-34-14-16-36/h2-12,21,25,30,34,38-39H,13-20,22-24H2,1H3. The largest absolute Gasteiger partial charge is 0.491 e. The smallest absolute Gasteiger partial charge is 0.193 e. The second kappa shape index (κ2) is 14.5. The summed E-state index contributed by atoms with van der Waals surface area (Å²) in [6, 6.07) is 23.1. The maximum absolute atomic E-state index is 13.1. The molecule has 0 radical (unpaired) electrons. The van der Waals surface area contributed by atoms with Crippen LogP contribution in [0.5, 0.6) is 11.5 Å². The second-order valence-corrected chi connectivity index (χ2v) is 11.0. The van der Waals surface area contributed by atoms with E-state index < -0.39 is 12.2 Å². The summed E-state index contributed by atoms with van der Waals surface area (Å²) in [5.74, 6) is 1.28. The Kier molecular flexibility index (Phi) is 10.3.